The van der Waals surface area contributed by atoms with Crippen molar-refractivity contribution in [3.8, 4) is 5.69 Å². The van der Waals surface area contributed by atoms with Crippen LogP contribution in [0.4, 0.5) is 11.4 Å². The van der Waals surface area contributed by atoms with E-state index >= 15 is 0 Å². The maximum Gasteiger partial charge on any atom is 0.269 e. The average molecular weight is 598 g/mol. The number of nitrogens with zero attached hydrogens (tertiary/aromatic N) is 4. The van der Waals surface area contributed by atoms with Gasteiger partial charge in [-0.05, 0) is 104 Å². The molecule has 7 nitrogen and oxygen atoms in total. The number of aryl methyl sites for hydroxylation is 1. The van der Waals surface area contributed by atoms with Gasteiger partial charge in [-0.1, -0.05) is 29.4 Å². The minimum Gasteiger partial charge on any atom is -0.351 e. The van der Waals surface area contributed by atoms with E-state index < -0.39 is 4.92 Å². The summed E-state index contributed by atoms with van der Waals surface area (Å²) >= 11 is 13.8. The number of aromatic nitrogens is 2. The van der Waals surface area contributed by atoms with Gasteiger partial charge in [0.15, 0.2) is 5.11 Å². The van der Waals surface area contributed by atoms with E-state index in [4.69, 9.17) is 23.8 Å². The SMILES string of the molecule is Cc1cc(-n2cccc2C2C(c3ccccn3)NC(=S)N2c2ccc(Sc3ccc([N+](=O)[O-])cc3)cc2)ccc1Cl. The van der Waals surface area contributed by atoms with E-state index in [1.807, 2.05) is 55.5 Å². The zero-order chi connectivity index (χ0) is 28.5. The third-order valence-corrected chi connectivity index (χ3v) is 8.75. The average Bonchev–Trinajstić information content (AvgIpc) is 3.60. The van der Waals surface area contributed by atoms with Crippen LogP contribution in [-0.2, 0) is 0 Å². The Labute approximate surface area is 252 Å². The van der Waals surface area contributed by atoms with Crippen LogP contribution in [0, 0.1) is 17.0 Å². The molecule has 2 atom stereocenters. The highest BCUT2D eigenvalue weighted by Gasteiger charge is 2.42. The van der Waals surface area contributed by atoms with Crippen molar-refractivity contribution >= 4 is 52.1 Å². The number of nitro benzene ring substituents is 1. The predicted molar refractivity (Wildman–Crippen MR) is 167 cm³/mol. The van der Waals surface area contributed by atoms with Gasteiger partial charge < -0.3 is 14.8 Å². The molecule has 0 radical (unpaired) electrons. The monoisotopic (exact) mass is 597 g/mol. The van der Waals surface area contributed by atoms with Crippen LogP contribution in [0.2, 0.25) is 5.02 Å². The number of anilines is 1. The Morgan fingerprint density at radius 2 is 1.66 bits per heavy atom. The van der Waals surface area contributed by atoms with E-state index in [1.165, 1.54) is 12.1 Å². The van der Waals surface area contributed by atoms with Crippen molar-refractivity contribution in [1.29, 1.82) is 0 Å². The van der Waals surface area contributed by atoms with Gasteiger partial charge in [0.1, 0.15) is 6.04 Å². The first kappa shape index (κ1) is 27.0. The quantitative estimate of drug-likeness (QED) is 0.115. The van der Waals surface area contributed by atoms with Crippen LogP contribution < -0.4 is 10.2 Å². The molecule has 10 heteroatoms. The highest BCUT2D eigenvalue weighted by Crippen LogP contribution is 2.43. The number of thiocarbonyl (C=S) groups is 1. The van der Waals surface area contributed by atoms with Crippen molar-refractivity contribution in [2.24, 2.45) is 0 Å². The molecule has 2 aromatic heterocycles. The van der Waals surface area contributed by atoms with Gasteiger partial charge in [-0.2, -0.15) is 0 Å². The number of benzene rings is 3. The fourth-order valence-electron chi connectivity index (χ4n) is 5.03. The standard InChI is InChI=1S/C31H24ClN5O2S2/c1-20-19-23(11-16-26(20)32)35-18-4-6-28(35)30-29(27-5-2-3-17-33-27)34-31(40)36(30)21-7-12-24(13-8-21)41-25-14-9-22(10-15-25)37(38)39/h2-19,29-30H,1H3,(H,34,40). The minimum atomic E-state index is -0.393. The predicted octanol–water partition coefficient (Wildman–Crippen LogP) is 8.07. The van der Waals surface area contributed by atoms with Gasteiger partial charge in [-0.25, -0.2) is 0 Å². The Balaban J connectivity index is 1.36. The Morgan fingerprint density at radius 1 is 0.951 bits per heavy atom. The Hall–Kier alpha value is -4.18. The molecule has 0 bridgehead atoms. The lowest BCUT2D eigenvalue weighted by Crippen LogP contribution is -2.30. The Bertz CT molecular complexity index is 1730. The van der Waals surface area contributed by atoms with Crippen LogP contribution in [0.1, 0.15) is 29.0 Å². The van der Waals surface area contributed by atoms with E-state index in [-0.39, 0.29) is 17.8 Å². The molecule has 204 valence electrons. The molecule has 41 heavy (non-hydrogen) atoms. The summed E-state index contributed by atoms with van der Waals surface area (Å²) in [6.45, 7) is 2.00. The smallest absolute Gasteiger partial charge is 0.269 e. The topological polar surface area (TPSA) is 76.2 Å². The Kier molecular flexibility index (Phi) is 7.49. The first-order valence-corrected chi connectivity index (χ1v) is 14.5. The number of halogens is 1. The molecule has 3 heterocycles. The fourth-order valence-corrected chi connectivity index (χ4v) is 6.31. The summed E-state index contributed by atoms with van der Waals surface area (Å²) in [4.78, 5) is 19.3. The molecule has 5 aromatic rings. The zero-order valence-electron chi connectivity index (χ0n) is 21.8. The van der Waals surface area contributed by atoms with Crippen molar-refractivity contribution in [3.05, 3.63) is 142 Å². The van der Waals surface area contributed by atoms with Gasteiger partial charge in [0.05, 0.1) is 16.7 Å². The third kappa shape index (κ3) is 5.44. The highest BCUT2D eigenvalue weighted by atomic mass is 35.5. The van der Waals surface area contributed by atoms with E-state index in [2.05, 4.69) is 50.2 Å². The van der Waals surface area contributed by atoms with Gasteiger partial charge in [-0.3, -0.25) is 15.1 Å². The Morgan fingerprint density at radius 3 is 2.32 bits per heavy atom. The number of nitro groups is 1. The lowest BCUT2D eigenvalue weighted by molar-refractivity contribution is -0.384. The zero-order valence-corrected chi connectivity index (χ0v) is 24.2. The summed E-state index contributed by atoms with van der Waals surface area (Å²) in [6, 6.07) is 30.5. The van der Waals surface area contributed by atoms with Gasteiger partial charge in [0, 0.05) is 56.4 Å². The maximum atomic E-state index is 11.0. The van der Waals surface area contributed by atoms with Crippen LogP contribution in [0.5, 0.6) is 0 Å². The second-order valence-corrected chi connectivity index (χ2v) is 11.5. The summed E-state index contributed by atoms with van der Waals surface area (Å²) in [5.41, 5.74) is 4.99. The second-order valence-electron chi connectivity index (χ2n) is 9.58. The largest absolute Gasteiger partial charge is 0.351 e. The summed E-state index contributed by atoms with van der Waals surface area (Å²) in [6.07, 6.45) is 3.85. The first-order chi connectivity index (χ1) is 19.9. The molecule has 6 rings (SSSR count). The molecule has 1 aliphatic heterocycles. The summed E-state index contributed by atoms with van der Waals surface area (Å²) < 4.78 is 2.17. The summed E-state index contributed by atoms with van der Waals surface area (Å²) in [7, 11) is 0. The number of pyridine rings is 1. The number of rotatable bonds is 7. The molecule has 0 spiro atoms. The number of nitrogens with one attached hydrogen (secondary N) is 1. The van der Waals surface area contributed by atoms with E-state index in [1.54, 1.807) is 30.1 Å². The molecule has 3 aromatic carbocycles. The van der Waals surface area contributed by atoms with E-state index in [0.29, 0.717) is 5.11 Å². The van der Waals surface area contributed by atoms with Crippen molar-refractivity contribution in [2.75, 3.05) is 4.90 Å². The maximum absolute atomic E-state index is 11.0. The van der Waals surface area contributed by atoms with Gasteiger partial charge in [0.2, 0.25) is 0 Å². The molecule has 1 aliphatic rings. The van der Waals surface area contributed by atoms with Gasteiger partial charge >= 0.3 is 0 Å². The highest BCUT2D eigenvalue weighted by molar-refractivity contribution is 7.99. The third-order valence-electron chi connectivity index (χ3n) is 7.00. The molecular weight excluding hydrogens is 574 g/mol. The van der Waals surface area contributed by atoms with Crippen LogP contribution in [0.3, 0.4) is 0 Å². The second kappa shape index (κ2) is 11.4. The molecule has 0 amide bonds. The molecule has 0 aliphatic carbocycles. The minimum absolute atomic E-state index is 0.0757. The molecule has 1 N–H and O–H groups in total. The van der Waals surface area contributed by atoms with Crippen molar-refractivity contribution in [3.63, 3.8) is 0 Å². The molecule has 0 saturated carbocycles. The van der Waals surface area contributed by atoms with Crippen LogP contribution in [0.15, 0.2) is 119 Å². The number of non-ortho nitro benzene ring substituents is 1. The van der Waals surface area contributed by atoms with Gasteiger partial charge in [-0.15, -0.1) is 0 Å². The first-order valence-electron chi connectivity index (χ1n) is 12.9. The van der Waals surface area contributed by atoms with Gasteiger partial charge in [0.25, 0.3) is 5.69 Å². The molecular formula is C31H24ClN5O2S2. The van der Waals surface area contributed by atoms with Crippen molar-refractivity contribution in [2.45, 2.75) is 28.8 Å². The summed E-state index contributed by atoms with van der Waals surface area (Å²) in [5, 5.41) is 15.8. The summed E-state index contributed by atoms with van der Waals surface area (Å²) in [5.74, 6) is 0. The van der Waals surface area contributed by atoms with Crippen molar-refractivity contribution < 1.29 is 4.92 Å². The van der Waals surface area contributed by atoms with E-state index in [9.17, 15) is 10.1 Å². The normalized spacial score (nSPS) is 16.5. The van der Waals surface area contributed by atoms with Crippen molar-refractivity contribution in [1.82, 2.24) is 14.9 Å². The lowest BCUT2D eigenvalue weighted by atomic mass is 10.0. The molecule has 1 fully saturated rings. The van der Waals surface area contributed by atoms with Crippen LogP contribution in [0.25, 0.3) is 5.69 Å². The lowest BCUT2D eigenvalue weighted by Gasteiger charge is -2.29. The molecule has 2 unspecified atom stereocenters. The number of hydrogen-bond donors (Lipinski definition) is 1. The number of hydrogen-bond acceptors (Lipinski definition) is 5. The molecule has 1 saturated heterocycles. The van der Waals surface area contributed by atoms with E-state index in [0.717, 1.165) is 43.1 Å². The van der Waals surface area contributed by atoms with Crippen LogP contribution in [-0.4, -0.2) is 19.6 Å². The fraction of sp³-hybridized carbons (Fsp3) is 0.0968. The van der Waals surface area contributed by atoms with Crippen LogP contribution >= 0.6 is 35.6 Å².